The first-order chi connectivity index (χ1) is 14.4. The first-order valence-corrected chi connectivity index (χ1v) is 10.5. The van der Waals surface area contributed by atoms with Gasteiger partial charge < -0.3 is 10.2 Å². The number of nitrogens with zero attached hydrogens (tertiary/aromatic N) is 2. The van der Waals surface area contributed by atoms with E-state index < -0.39 is 11.5 Å². The van der Waals surface area contributed by atoms with Crippen molar-refractivity contribution in [3.05, 3.63) is 59.7 Å². The van der Waals surface area contributed by atoms with Crippen LogP contribution in [0.3, 0.4) is 0 Å². The quantitative estimate of drug-likeness (QED) is 0.799. The van der Waals surface area contributed by atoms with Crippen LogP contribution in [-0.4, -0.2) is 42.1 Å². The molecule has 6 nitrogen and oxygen atoms in total. The van der Waals surface area contributed by atoms with E-state index in [-0.39, 0.29) is 23.6 Å². The highest BCUT2D eigenvalue weighted by Crippen LogP contribution is 2.56. The molecular formula is C24H25N3O3. The van der Waals surface area contributed by atoms with Crippen molar-refractivity contribution in [2.45, 2.75) is 37.8 Å². The molecule has 2 fully saturated rings. The number of benzene rings is 2. The van der Waals surface area contributed by atoms with E-state index in [4.69, 9.17) is 0 Å². The Morgan fingerprint density at radius 2 is 1.93 bits per heavy atom. The van der Waals surface area contributed by atoms with Crippen LogP contribution in [-0.2, 0) is 15.1 Å². The van der Waals surface area contributed by atoms with Crippen molar-refractivity contribution >= 4 is 29.0 Å². The largest absolute Gasteiger partial charge is 0.326 e. The van der Waals surface area contributed by atoms with Crippen LogP contribution in [0.25, 0.3) is 0 Å². The van der Waals surface area contributed by atoms with E-state index in [1.54, 1.807) is 36.2 Å². The topological polar surface area (TPSA) is 69.7 Å². The third-order valence-corrected chi connectivity index (χ3v) is 7.00. The third kappa shape index (κ3) is 2.50. The molecule has 0 bridgehead atoms. The zero-order valence-corrected chi connectivity index (χ0v) is 17.2. The summed E-state index contributed by atoms with van der Waals surface area (Å²) in [6, 6.07) is 15.0. The highest BCUT2D eigenvalue weighted by Gasteiger charge is 2.66. The van der Waals surface area contributed by atoms with E-state index in [1.807, 2.05) is 24.3 Å². The molecular weight excluding hydrogens is 378 g/mol. The van der Waals surface area contributed by atoms with Crippen molar-refractivity contribution in [1.82, 2.24) is 4.90 Å². The van der Waals surface area contributed by atoms with Gasteiger partial charge in [0.25, 0.3) is 5.91 Å². The van der Waals surface area contributed by atoms with E-state index in [1.165, 1.54) is 6.92 Å². The lowest BCUT2D eigenvalue weighted by molar-refractivity contribution is -0.136. The van der Waals surface area contributed by atoms with Crippen LogP contribution in [0.15, 0.2) is 48.5 Å². The average molecular weight is 403 g/mol. The molecule has 3 aliphatic heterocycles. The van der Waals surface area contributed by atoms with Crippen molar-refractivity contribution in [2.24, 2.45) is 5.92 Å². The van der Waals surface area contributed by atoms with Gasteiger partial charge in [-0.1, -0.05) is 30.3 Å². The van der Waals surface area contributed by atoms with E-state index in [2.05, 4.69) is 10.2 Å². The summed E-state index contributed by atoms with van der Waals surface area (Å²) >= 11 is 0. The first-order valence-electron chi connectivity index (χ1n) is 10.5. The maximum atomic E-state index is 13.7. The van der Waals surface area contributed by atoms with Crippen molar-refractivity contribution < 1.29 is 14.4 Å². The lowest BCUT2D eigenvalue weighted by atomic mass is 9.78. The number of ketones is 1. The number of nitrogens with one attached hydrogen (secondary N) is 1. The van der Waals surface area contributed by atoms with Gasteiger partial charge in [0.05, 0.1) is 5.92 Å². The fraction of sp³-hybridized carbons (Fsp3) is 0.375. The van der Waals surface area contributed by atoms with Gasteiger partial charge in [0.15, 0.2) is 5.78 Å². The fourth-order valence-electron chi connectivity index (χ4n) is 5.71. The average Bonchev–Trinajstić information content (AvgIpc) is 3.38. The van der Waals surface area contributed by atoms with E-state index in [9.17, 15) is 14.4 Å². The second-order valence-electron chi connectivity index (χ2n) is 8.55. The second kappa shape index (κ2) is 6.77. The molecule has 0 aromatic heterocycles. The molecule has 3 aliphatic rings. The SMILES string of the molecule is CC(=O)c1cccc(NC(=O)C2CC3CCCN3C23C(=O)N(C)c2ccccc23)c1. The number of rotatable bonds is 3. The second-order valence-corrected chi connectivity index (χ2v) is 8.55. The van der Waals surface area contributed by atoms with Gasteiger partial charge in [-0.15, -0.1) is 0 Å². The summed E-state index contributed by atoms with van der Waals surface area (Å²) in [5, 5.41) is 3.00. The van der Waals surface area contributed by atoms with Crippen molar-refractivity contribution in [3.8, 4) is 0 Å². The molecule has 1 spiro atoms. The minimum atomic E-state index is -0.950. The minimum absolute atomic E-state index is 0.0225. The monoisotopic (exact) mass is 403 g/mol. The number of Topliss-reactive ketones (excluding diaryl/α,β-unsaturated/α-hetero) is 1. The third-order valence-electron chi connectivity index (χ3n) is 7.00. The number of fused-ring (bicyclic) bond motifs is 4. The van der Waals surface area contributed by atoms with Gasteiger partial charge in [0, 0.05) is 35.6 Å². The Bertz CT molecular complexity index is 1070. The molecule has 0 aliphatic carbocycles. The van der Waals surface area contributed by atoms with Gasteiger partial charge in [-0.25, -0.2) is 0 Å². The van der Waals surface area contributed by atoms with Gasteiger partial charge in [0.2, 0.25) is 5.91 Å². The number of anilines is 2. The number of hydrogen-bond acceptors (Lipinski definition) is 4. The number of hydrogen-bond donors (Lipinski definition) is 1. The number of carbonyl (C=O) groups is 3. The Morgan fingerprint density at radius 3 is 2.73 bits per heavy atom. The van der Waals surface area contributed by atoms with Gasteiger partial charge in [-0.3, -0.25) is 19.3 Å². The van der Waals surface area contributed by atoms with E-state index in [0.29, 0.717) is 17.7 Å². The zero-order chi connectivity index (χ0) is 21.0. The van der Waals surface area contributed by atoms with Crippen molar-refractivity contribution in [2.75, 3.05) is 23.8 Å². The van der Waals surface area contributed by atoms with Crippen molar-refractivity contribution in [3.63, 3.8) is 0 Å². The minimum Gasteiger partial charge on any atom is -0.326 e. The Kier molecular flexibility index (Phi) is 4.29. The Hall–Kier alpha value is -2.99. The van der Waals surface area contributed by atoms with Crippen LogP contribution in [0.5, 0.6) is 0 Å². The number of para-hydroxylation sites is 1. The van der Waals surface area contributed by atoms with Crippen LogP contribution in [0.1, 0.15) is 42.1 Å². The zero-order valence-electron chi connectivity index (χ0n) is 17.2. The summed E-state index contributed by atoms with van der Waals surface area (Å²) in [4.78, 5) is 43.0. The summed E-state index contributed by atoms with van der Waals surface area (Å²) in [6.07, 6.45) is 2.71. The van der Waals surface area contributed by atoms with Crippen LogP contribution < -0.4 is 10.2 Å². The molecule has 6 heteroatoms. The van der Waals surface area contributed by atoms with Crippen LogP contribution >= 0.6 is 0 Å². The number of amides is 2. The smallest absolute Gasteiger partial charge is 0.252 e. The lowest BCUT2D eigenvalue weighted by Gasteiger charge is -2.37. The molecule has 154 valence electrons. The summed E-state index contributed by atoms with van der Waals surface area (Å²) in [5.41, 5.74) is 2.00. The number of carbonyl (C=O) groups excluding carboxylic acids is 3. The maximum Gasteiger partial charge on any atom is 0.252 e. The standard InChI is InChI=1S/C24H25N3O3/c1-15(28)16-7-5-8-17(13-16)25-22(29)20-14-18-9-6-12-27(18)24(20)19-10-3-4-11-21(19)26(2)23(24)30/h3-5,7-8,10-11,13,18,20H,6,9,12,14H2,1-2H3,(H,25,29). The Morgan fingerprint density at radius 1 is 1.13 bits per heavy atom. The Labute approximate surface area is 175 Å². The molecule has 2 amide bonds. The highest BCUT2D eigenvalue weighted by molar-refractivity contribution is 6.12. The molecule has 3 unspecified atom stereocenters. The molecule has 2 aromatic carbocycles. The summed E-state index contributed by atoms with van der Waals surface area (Å²) in [6.45, 7) is 2.33. The van der Waals surface area contributed by atoms with Gasteiger partial charge in [-0.2, -0.15) is 0 Å². The predicted molar refractivity (Wildman–Crippen MR) is 114 cm³/mol. The van der Waals surface area contributed by atoms with Gasteiger partial charge in [-0.05, 0) is 50.9 Å². The molecule has 2 saturated heterocycles. The molecule has 3 atom stereocenters. The highest BCUT2D eigenvalue weighted by atomic mass is 16.2. The summed E-state index contributed by atoms with van der Waals surface area (Å²) < 4.78 is 0. The number of likely N-dealkylation sites (N-methyl/N-ethyl adjacent to an activating group) is 1. The molecule has 30 heavy (non-hydrogen) atoms. The van der Waals surface area contributed by atoms with Gasteiger partial charge >= 0.3 is 0 Å². The molecule has 2 aromatic rings. The summed E-state index contributed by atoms with van der Waals surface area (Å²) in [5.74, 6) is -0.720. The van der Waals surface area contributed by atoms with Gasteiger partial charge in [0.1, 0.15) is 5.54 Å². The first kappa shape index (κ1) is 19.0. The normalized spacial score (nSPS) is 27.4. The molecule has 3 heterocycles. The van der Waals surface area contributed by atoms with Crippen LogP contribution in [0, 0.1) is 5.92 Å². The molecule has 5 rings (SSSR count). The van der Waals surface area contributed by atoms with Crippen molar-refractivity contribution in [1.29, 1.82) is 0 Å². The maximum absolute atomic E-state index is 13.7. The van der Waals surface area contributed by atoms with Crippen LogP contribution in [0.4, 0.5) is 11.4 Å². The van der Waals surface area contributed by atoms with E-state index >= 15 is 0 Å². The van der Waals surface area contributed by atoms with Crippen LogP contribution in [0.2, 0.25) is 0 Å². The molecule has 0 saturated carbocycles. The lowest BCUT2D eigenvalue weighted by Crippen LogP contribution is -2.55. The fourth-order valence-corrected chi connectivity index (χ4v) is 5.71. The van der Waals surface area contributed by atoms with E-state index in [0.717, 1.165) is 30.6 Å². The summed E-state index contributed by atoms with van der Waals surface area (Å²) in [7, 11) is 1.80. The Balaban J connectivity index is 1.56. The molecule has 0 radical (unpaired) electrons. The molecule has 1 N–H and O–H groups in total. The predicted octanol–water partition coefficient (Wildman–Crippen LogP) is 3.18.